The number of thiazole rings is 2. The lowest BCUT2D eigenvalue weighted by atomic mass is 10.2. The Hall–Kier alpha value is -1.47. The lowest BCUT2D eigenvalue weighted by Crippen LogP contribution is -2.27. The largest absolute Gasteiger partial charge is 0.365 e. The number of aromatic nitrogens is 2. The van der Waals surface area contributed by atoms with Gasteiger partial charge in [0.2, 0.25) is 0 Å². The van der Waals surface area contributed by atoms with Crippen LogP contribution in [0.5, 0.6) is 0 Å². The molecule has 0 saturated heterocycles. The third kappa shape index (κ3) is 2.85. The average molecular weight is 282 g/mol. The first-order chi connectivity index (χ1) is 8.60. The standard InChI is InChI=1S/C11H14N4OS2/c1-6(8-4-17-7(2)14-8)13-10(16)9-5-18-11(12-3)15-9/h4-6H,1-3H3,(H,12,15)(H,13,16)/t6-/m1/s1. The van der Waals surface area contributed by atoms with Gasteiger partial charge in [0.1, 0.15) is 5.69 Å². The highest BCUT2D eigenvalue weighted by Gasteiger charge is 2.15. The van der Waals surface area contributed by atoms with Crippen LogP contribution in [0.2, 0.25) is 0 Å². The van der Waals surface area contributed by atoms with E-state index in [1.54, 1.807) is 23.8 Å². The van der Waals surface area contributed by atoms with Crippen LogP contribution in [-0.2, 0) is 0 Å². The van der Waals surface area contributed by atoms with Crippen LogP contribution in [0.4, 0.5) is 5.13 Å². The van der Waals surface area contributed by atoms with Crippen LogP contribution in [0, 0.1) is 6.92 Å². The summed E-state index contributed by atoms with van der Waals surface area (Å²) in [6, 6.07) is -0.109. The van der Waals surface area contributed by atoms with Gasteiger partial charge in [-0.1, -0.05) is 0 Å². The number of carbonyl (C=O) groups is 1. The molecule has 0 bridgehead atoms. The Morgan fingerprint density at radius 1 is 1.33 bits per heavy atom. The van der Waals surface area contributed by atoms with E-state index in [1.165, 1.54) is 11.3 Å². The molecule has 0 aliphatic heterocycles. The van der Waals surface area contributed by atoms with E-state index in [4.69, 9.17) is 0 Å². The third-order valence-electron chi connectivity index (χ3n) is 2.38. The number of nitrogens with one attached hydrogen (secondary N) is 2. The number of carbonyl (C=O) groups excluding carboxylic acids is 1. The van der Waals surface area contributed by atoms with Gasteiger partial charge >= 0.3 is 0 Å². The van der Waals surface area contributed by atoms with Crippen LogP contribution in [-0.4, -0.2) is 22.9 Å². The van der Waals surface area contributed by atoms with E-state index in [1.807, 2.05) is 19.2 Å². The van der Waals surface area contributed by atoms with Crippen molar-refractivity contribution in [3.63, 3.8) is 0 Å². The maximum absolute atomic E-state index is 11.9. The molecule has 96 valence electrons. The van der Waals surface area contributed by atoms with E-state index in [9.17, 15) is 4.79 Å². The summed E-state index contributed by atoms with van der Waals surface area (Å²) < 4.78 is 0. The number of hydrogen-bond donors (Lipinski definition) is 2. The monoisotopic (exact) mass is 282 g/mol. The summed E-state index contributed by atoms with van der Waals surface area (Å²) in [6.07, 6.45) is 0. The first-order valence-electron chi connectivity index (χ1n) is 5.46. The van der Waals surface area contributed by atoms with Gasteiger partial charge in [-0.15, -0.1) is 22.7 Å². The van der Waals surface area contributed by atoms with Crippen LogP contribution < -0.4 is 10.6 Å². The summed E-state index contributed by atoms with van der Waals surface area (Å²) in [4.78, 5) is 20.5. The summed E-state index contributed by atoms with van der Waals surface area (Å²) in [6.45, 7) is 3.86. The Balaban J connectivity index is 2.02. The predicted octanol–water partition coefficient (Wildman–Crippen LogP) is 2.44. The molecule has 0 aliphatic rings. The van der Waals surface area contributed by atoms with Gasteiger partial charge in [0.25, 0.3) is 5.91 Å². The van der Waals surface area contributed by atoms with E-state index in [2.05, 4.69) is 20.6 Å². The Bertz CT molecular complexity index is 549. The third-order valence-corrected chi connectivity index (χ3v) is 4.03. The molecule has 2 heterocycles. The van der Waals surface area contributed by atoms with Crippen molar-refractivity contribution >= 4 is 33.7 Å². The molecule has 1 amide bonds. The maximum Gasteiger partial charge on any atom is 0.271 e. The lowest BCUT2D eigenvalue weighted by Gasteiger charge is -2.09. The highest BCUT2D eigenvalue weighted by atomic mass is 32.1. The second-order valence-electron chi connectivity index (χ2n) is 3.77. The van der Waals surface area contributed by atoms with Gasteiger partial charge in [0, 0.05) is 17.8 Å². The second kappa shape index (κ2) is 5.45. The number of aryl methyl sites for hydroxylation is 1. The molecule has 0 radical (unpaired) electrons. The minimum atomic E-state index is -0.175. The molecule has 0 fully saturated rings. The van der Waals surface area contributed by atoms with Crippen LogP contribution in [0.15, 0.2) is 10.8 Å². The second-order valence-corrected chi connectivity index (χ2v) is 5.69. The fourth-order valence-electron chi connectivity index (χ4n) is 1.42. The molecular formula is C11H14N4OS2. The molecule has 2 rings (SSSR count). The molecule has 18 heavy (non-hydrogen) atoms. The number of nitrogens with zero attached hydrogens (tertiary/aromatic N) is 2. The van der Waals surface area contributed by atoms with E-state index >= 15 is 0 Å². The van der Waals surface area contributed by atoms with Gasteiger partial charge in [0.15, 0.2) is 5.13 Å². The van der Waals surface area contributed by atoms with Crippen molar-refractivity contribution in [2.45, 2.75) is 19.9 Å². The van der Waals surface area contributed by atoms with Gasteiger partial charge in [-0.25, -0.2) is 9.97 Å². The molecule has 0 unspecified atom stereocenters. The smallest absolute Gasteiger partial charge is 0.271 e. The van der Waals surface area contributed by atoms with E-state index in [0.717, 1.165) is 15.8 Å². The van der Waals surface area contributed by atoms with Crippen molar-refractivity contribution in [2.24, 2.45) is 0 Å². The molecule has 0 aliphatic carbocycles. The number of amides is 1. The van der Waals surface area contributed by atoms with Gasteiger partial charge in [0.05, 0.1) is 16.7 Å². The van der Waals surface area contributed by atoms with E-state index in [-0.39, 0.29) is 11.9 Å². The average Bonchev–Trinajstić information content (AvgIpc) is 2.97. The van der Waals surface area contributed by atoms with Gasteiger partial charge in [-0.05, 0) is 13.8 Å². The molecule has 2 N–H and O–H groups in total. The number of hydrogen-bond acceptors (Lipinski definition) is 6. The van der Waals surface area contributed by atoms with Gasteiger partial charge < -0.3 is 10.6 Å². The summed E-state index contributed by atoms with van der Waals surface area (Å²) in [5.41, 5.74) is 1.32. The summed E-state index contributed by atoms with van der Waals surface area (Å²) in [5, 5.41) is 11.2. The highest BCUT2D eigenvalue weighted by Crippen LogP contribution is 2.18. The molecule has 0 aromatic carbocycles. The first-order valence-corrected chi connectivity index (χ1v) is 7.22. The van der Waals surface area contributed by atoms with Crippen LogP contribution in [0.3, 0.4) is 0 Å². The zero-order valence-electron chi connectivity index (χ0n) is 10.4. The van der Waals surface area contributed by atoms with Crippen molar-refractivity contribution < 1.29 is 4.79 Å². The Morgan fingerprint density at radius 3 is 2.67 bits per heavy atom. The van der Waals surface area contributed by atoms with E-state index in [0.29, 0.717) is 5.69 Å². The van der Waals surface area contributed by atoms with Crippen molar-refractivity contribution in [3.8, 4) is 0 Å². The Morgan fingerprint density at radius 2 is 2.11 bits per heavy atom. The Labute approximate surface area is 113 Å². The summed E-state index contributed by atoms with van der Waals surface area (Å²) >= 11 is 2.99. The van der Waals surface area contributed by atoms with Crippen molar-refractivity contribution in [1.82, 2.24) is 15.3 Å². The SMILES string of the molecule is CNc1nc(C(=O)N[C@H](C)c2csc(C)n2)cs1. The summed E-state index contributed by atoms with van der Waals surface area (Å²) in [7, 11) is 1.78. The van der Waals surface area contributed by atoms with Crippen LogP contribution in [0.1, 0.15) is 34.2 Å². The molecule has 0 spiro atoms. The van der Waals surface area contributed by atoms with Gasteiger partial charge in [-0.3, -0.25) is 4.79 Å². The molecule has 7 heteroatoms. The molecule has 0 saturated carbocycles. The quantitative estimate of drug-likeness (QED) is 0.904. The first kappa shape index (κ1) is 13.0. The number of anilines is 1. The van der Waals surface area contributed by atoms with Crippen molar-refractivity contribution in [2.75, 3.05) is 12.4 Å². The molecular weight excluding hydrogens is 268 g/mol. The zero-order chi connectivity index (χ0) is 13.1. The zero-order valence-corrected chi connectivity index (χ0v) is 12.0. The van der Waals surface area contributed by atoms with Crippen molar-refractivity contribution in [1.29, 1.82) is 0 Å². The molecule has 2 aromatic heterocycles. The normalized spacial score (nSPS) is 12.2. The predicted molar refractivity (Wildman–Crippen MR) is 74.4 cm³/mol. The van der Waals surface area contributed by atoms with E-state index < -0.39 is 0 Å². The van der Waals surface area contributed by atoms with Crippen molar-refractivity contribution in [3.05, 3.63) is 27.2 Å². The minimum Gasteiger partial charge on any atom is -0.365 e. The molecule has 5 nitrogen and oxygen atoms in total. The lowest BCUT2D eigenvalue weighted by molar-refractivity contribution is 0.0935. The fourth-order valence-corrected chi connectivity index (χ4v) is 2.77. The Kier molecular flexibility index (Phi) is 3.93. The van der Waals surface area contributed by atoms with Gasteiger partial charge in [-0.2, -0.15) is 0 Å². The minimum absolute atomic E-state index is 0.109. The molecule has 2 aromatic rings. The van der Waals surface area contributed by atoms with Crippen LogP contribution >= 0.6 is 22.7 Å². The summed E-state index contributed by atoms with van der Waals surface area (Å²) in [5.74, 6) is -0.175. The topological polar surface area (TPSA) is 66.9 Å². The maximum atomic E-state index is 11.9. The number of rotatable bonds is 4. The molecule has 1 atom stereocenters. The fraction of sp³-hybridized carbons (Fsp3) is 0.364. The highest BCUT2D eigenvalue weighted by molar-refractivity contribution is 7.13. The van der Waals surface area contributed by atoms with Crippen LogP contribution in [0.25, 0.3) is 0 Å².